The van der Waals surface area contributed by atoms with Crippen LogP contribution in [0.5, 0.6) is 0 Å². The summed E-state index contributed by atoms with van der Waals surface area (Å²) < 4.78 is 0. The highest BCUT2D eigenvalue weighted by molar-refractivity contribution is 5.92. The molecule has 4 nitrogen and oxygen atoms in total. The molecule has 0 saturated heterocycles. The molecule has 4 heteroatoms. The Labute approximate surface area is 47.1 Å². The maximum atomic E-state index is 10.2. The zero-order chi connectivity index (χ0) is 6.41. The second-order valence-corrected chi connectivity index (χ2v) is 0.967. The van der Waals surface area contributed by atoms with E-state index in [0.717, 1.165) is 12.4 Å². The summed E-state index contributed by atoms with van der Waals surface area (Å²) in [6.45, 7) is 3.18. The summed E-state index contributed by atoms with van der Waals surface area (Å²) in [5.74, 6) is 4.33. The van der Waals surface area contributed by atoms with E-state index in [1.165, 1.54) is 0 Å². The molecule has 0 aromatic heterocycles. The molecule has 3 N–H and O–H groups in total. The summed E-state index contributed by atoms with van der Waals surface area (Å²) in [5.41, 5.74) is 2.07. The number of aliphatic imine (C=N–C) groups is 1. The lowest BCUT2D eigenvalue weighted by Crippen LogP contribution is -2.19. The molecule has 0 aliphatic rings. The predicted molar refractivity (Wildman–Crippen MR) is 31.0 cm³/mol. The van der Waals surface area contributed by atoms with E-state index in [1.807, 2.05) is 0 Å². The first kappa shape index (κ1) is 6.84. The molecular formula is C4H7N3O. The first-order valence-electron chi connectivity index (χ1n) is 1.96. The molecule has 0 radical (unpaired) electrons. The number of hydrogen-bond donors (Lipinski definition) is 2. The van der Waals surface area contributed by atoms with Gasteiger partial charge in [0.25, 0.3) is 5.91 Å². The summed E-state index contributed by atoms with van der Waals surface area (Å²) in [6.07, 6.45) is 2.18. The van der Waals surface area contributed by atoms with Gasteiger partial charge in [-0.25, -0.2) is 5.84 Å². The summed E-state index contributed by atoms with van der Waals surface area (Å²) in [7, 11) is 0. The number of nitrogens with two attached hydrogens (primary N) is 1. The third-order valence-corrected chi connectivity index (χ3v) is 0.441. The molecular weight excluding hydrogens is 106 g/mol. The summed E-state index contributed by atoms with van der Waals surface area (Å²) >= 11 is 0. The van der Waals surface area contributed by atoms with Crippen LogP contribution in [-0.2, 0) is 4.79 Å². The Morgan fingerprint density at radius 3 is 2.88 bits per heavy atom. The van der Waals surface area contributed by atoms with Gasteiger partial charge in [-0.3, -0.25) is 4.79 Å². The van der Waals surface area contributed by atoms with Gasteiger partial charge in [0.05, 0.1) is 0 Å². The van der Waals surface area contributed by atoms with Crippen LogP contribution in [0.1, 0.15) is 0 Å². The minimum absolute atomic E-state index is 0.414. The summed E-state index contributed by atoms with van der Waals surface area (Å²) in [5, 5.41) is 0. The molecule has 44 valence electrons. The van der Waals surface area contributed by atoms with E-state index >= 15 is 0 Å². The quantitative estimate of drug-likeness (QED) is 0.162. The largest absolute Gasteiger partial charge is 0.314 e. The molecule has 0 aromatic rings. The molecule has 0 aliphatic carbocycles. The van der Waals surface area contributed by atoms with E-state index in [0.29, 0.717) is 0 Å². The minimum atomic E-state index is -0.414. The van der Waals surface area contributed by atoms with Gasteiger partial charge in [0.1, 0.15) is 6.34 Å². The van der Waals surface area contributed by atoms with E-state index in [-0.39, 0.29) is 0 Å². The second kappa shape index (κ2) is 4.01. The third kappa shape index (κ3) is 3.05. The van der Waals surface area contributed by atoms with Crippen molar-refractivity contribution in [3.63, 3.8) is 0 Å². The van der Waals surface area contributed by atoms with Gasteiger partial charge in [0.2, 0.25) is 0 Å². The van der Waals surface area contributed by atoms with Crippen LogP contribution in [0.25, 0.3) is 0 Å². The first-order valence-corrected chi connectivity index (χ1v) is 1.96. The molecule has 0 unspecified atom stereocenters. The lowest BCUT2D eigenvalue weighted by Gasteiger charge is -1.80. The molecule has 0 fully saturated rings. The number of nitrogens with zero attached hydrogens (tertiary/aromatic N) is 1. The van der Waals surface area contributed by atoms with Gasteiger partial charge in [-0.1, -0.05) is 6.58 Å². The average molecular weight is 113 g/mol. The maximum absolute atomic E-state index is 10.2. The fourth-order valence-corrected chi connectivity index (χ4v) is 0.154. The van der Waals surface area contributed by atoms with Crippen LogP contribution in [0.4, 0.5) is 0 Å². The number of carbonyl (C=O) groups excluding carboxylic acids is 1. The van der Waals surface area contributed by atoms with Crippen LogP contribution in [0.2, 0.25) is 0 Å². The molecule has 0 aliphatic heterocycles. The number of hydrazine groups is 1. The van der Waals surface area contributed by atoms with Crippen molar-refractivity contribution in [2.45, 2.75) is 0 Å². The van der Waals surface area contributed by atoms with Gasteiger partial charge in [-0.2, -0.15) is 4.99 Å². The van der Waals surface area contributed by atoms with Gasteiger partial charge < -0.3 is 5.43 Å². The third-order valence-electron chi connectivity index (χ3n) is 0.441. The minimum Gasteiger partial charge on any atom is -0.314 e. The molecule has 0 rings (SSSR count). The summed E-state index contributed by atoms with van der Waals surface area (Å²) in [6, 6.07) is 0. The Kier molecular flexibility index (Phi) is 3.43. The molecule has 0 bridgehead atoms. The summed E-state index contributed by atoms with van der Waals surface area (Å²) in [4.78, 5) is 13.4. The van der Waals surface area contributed by atoms with Gasteiger partial charge in [0, 0.05) is 0 Å². The van der Waals surface area contributed by atoms with Crippen LogP contribution in [-0.4, -0.2) is 12.2 Å². The van der Waals surface area contributed by atoms with Gasteiger partial charge in [0.15, 0.2) is 0 Å². The fourth-order valence-electron chi connectivity index (χ4n) is 0.154. The Bertz CT molecular complexity index is 118. The zero-order valence-corrected chi connectivity index (χ0v) is 4.29. The molecule has 1 amide bonds. The lowest BCUT2D eigenvalue weighted by molar-refractivity contribution is -0.113. The maximum Gasteiger partial charge on any atom is 0.270 e. The zero-order valence-electron chi connectivity index (χ0n) is 4.29. The van der Waals surface area contributed by atoms with E-state index in [1.54, 1.807) is 0 Å². The van der Waals surface area contributed by atoms with Crippen molar-refractivity contribution in [2.75, 3.05) is 0 Å². The molecule has 0 atom stereocenters. The highest BCUT2D eigenvalue weighted by Gasteiger charge is 1.81. The lowest BCUT2D eigenvalue weighted by atomic mass is 10.6. The number of nitrogens with one attached hydrogen (secondary N) is 1. The topological polar surface area (TPSA) is 67.5 Å². The fraction of sp³-hybridized carbons (Fsp3) is 0. The number of amides is 1. The standard InChI is InChI=1S/C4H7N3O/c1-2-4(8)6-3-7-5/h2-3H,1,5H2,(H,6,7,8). The van der Waals surface area contributed by atoms with Crippen molar-refractivity contribution in [1.29, 1.82) is 0 Å². The van der Waals surface area contributed by atoms with Gasteiger partial charge in [-0.05, 0) is 6.08 Å². The van der Waals surface area contributed by atoms with Crippen LogP contribution in [0.15, 0.2) is 17.6 Å². The monoisotopic (exact) mass is 113 g/mol. The Morgan fingerprint density at radius 2 is 2.50 bits per heavy atom. The number of hydrogen-bond acceptors (Lipinski definition) is 2. The van der Waals surface area contributed by atoms with Crippen molar-refractivity contribution in [3.05, 3.63) is 12.7 Å². The highest BCUT2D eigenvalue weighted by Crippen LogP contribution is 1.69. The smallest absolute Gasteiger partial charge is 0.270 e. The average Bonchev–Trinajstić information content (AvgIpc) is 1.83. The Morgan fingerprint density at radius 1 is 1.88 bits per heavy atom. The first-order chi connectivity index (χ1) is 3.81. The Balaban J connectivity index is 3.52. The van der Waals surface area contributed by atoms with Crippen molar-refractivity contribution < 1.29 is 4.79 Å². The highest BCUT2D eigenvalue weighted by atomic mass is 16.1. The Hall–Kier alpha value is -1.16. The van der Waals surface area contributed by atoms with Crippen LogP contribution >= 0.6 is 0 Å². The molecule has 0 heterocycles. The van der Waals surface area contributed by atoms with Gasteiger partial charge >= 0.3 is 0 Å². The van der Waals surface area contributed by atoms with Crippen LogP contribution in [0, 0.1) is 0 Å². The van der Waals surface area contributed by atoms with Crippen LogP contribution < -0.4 is 11.3 Å². The SMILES string of the molecule is C=CC(=O)N=CNN. The van der Waals surface area contributed by atoms with Crippen molar-refractivity contribution in [3.8, 4) is 0 Å². The molecule has 8 heavy (non-hydrogen) atoms. The predicted octanol–water partition coefficient (Wildman–Crippen LogP) is -0.809. The molecule has 0 aromatic carbocycles. The van der Waals surface area contributed by atoms with Gasteiger partial charge in [-0.15, -0.1) is 0 Å². The number of rotatable bonds is 2. The second-order valence-electron chi connectivity index (χ2n) is 0.967. The van der Waals surface area contributed by atoms with Crippen molar-refractivity contribution >= 4 is 12.2 Å². The van der Waals surface area contributed by atoms with Crippen LogP contribution in [0.3, 0.4) is 0 Å². The van der Waals surface area contributed by atoms with Crippen molar-refractivity contribution in [1.82, 2.24) is 5.43 Å². The van der Waals surface area contributed by atoms with E-state index in [4.69, 9.17) is 5.84 Å². The van der Waals surface area contributed by atoms with E-state index < -0.39 is 5.91 Å². The van der Waals surface area contributed by atoms with E-state index in [9.17, 15) is 4.79 Å². The number of carbonyl (C=O) groups is 1. The van der Waals surface area contributed by atoms with E-state index in [2.05, 4.69) is 17.0 Å². The molecule has 0 spiro atoms. The molecule has 0 saturated carbocycles. The van der Waals surface area contributed by atoms with Crippen molar-refractivity contribution in [2.24, 2.45) is 10.8 Å². The normalized spacial score (nSPS) is 9.12.